The summed E-state index contributed by atoms with van der Waals surface area (Å²) in [5.74, 6) is 0. The molecule has 0 heterocycles. The molecule has 1 aliphatic rings. The minimum absolute atomic E-state index is 0.374. The lowest BCUT2D eigenvalue weighted by Gasteiger charge is -2.12. The van der Waals surface area contributed by atoms with Crippen molar-refractivity contribution in [2.45, 2.75) is 26.2 Å². The van der Waals surface area contributed by atoms with Crippen LogP contribution in [-0.4, -0.2) is 6.54 Å². The Balaban J connectivity index is 2.04. The normalized spacial score (nSPS) is 16.5. The second-order valence-electron chi connectivity index (χ2n) is 4.91. The summed E-state index contributed by atoms with van der Waals surface area (Å²) in [6, 6.07) is 7.94. The third-order valence-corrected chi connectivity index (χ3v) is 3.24. The minimum Gasteiger partial charge on any atom is -0.398 e. The molecule has 0 aliphatic heterocycles. The Labute approximate surface area is 96.3 Å². The summed E-state index contributed by atoms with van der Waals surface area (Å²) >= 11 is 0. The summed E-state index contributed by atoms with van der Waals surface area (Å²) < 4.78 is 0. The van der Waals surface area contributed by atoms with E-state index in [0.717, 1.165) is 17.8 Å². The number of rotatable bonds is 4. The van der Waals surface area contributed by atoms with E-state index in [1.165, 1.54) is 12.8 Å². The van der Waals surface area contributed by atoms with E-state index in [-0.39, 0.29) is 0 Å². The van der Waals surface area contributed by atoms with Gasteiger partial charge in [0.1, 0.15) is 0 Å². The fourth-order valence-electron chi connectivity index (χ4n) is 1.66. The Morgan fingerprint density at radius 2 is 2.25 bits per heavy atom. The quantitative estimate of drug-likeness (QED) is 0.759. The number of nitrogen functional groups attached to an aromatic ring is 1. The maximum Gasteiger partial charge on any atom is 0.0670 e. The van der Waals surface area contributed by atoms with Gasteiger partial charge in [-0.05, 0) is 42.0 Å². The average Bonchev–Trinajstić information content (AvgIpc) is 2.99. The third kappa shape index (κ3) is 2.46. The molecule has 1 aromatic rings. The van der Waals surface area contributed by atoms with Gasteiger partial charge in [-0.15, -0.1) is 0 Å². The van der Waals surface area contributed by atoms with E-state index in [4.69, 9.17) is 11.0 Å². The van der Waals surface area contributed by atoms with E-state index < -0.39 is 0 Å². The lowest BCUT2D eigenvalue weighted by molar-refractivity contribution is 0.611. The summed E-state index contributed by atoms with van der Waals surface area (Å²) in [5.41, 5.74) is 8.95. The molecule has 3 N–H and O–H groups in total. The number of benzene rings is 1. The number of nitrogens with two attached hydrogens (primary N) is 1. The van der Waals surface area contributed by atoms with Gasteiger partial charge in [0, 0.05) is 17.9 Å². The van der Waals surface area contributed by atoms with Crippen LogP contribution in [-0.2, 0) is 6.42 Å². The molecule has 1 aromatic carbocycles. The van der Waals surface area contributed by atoms with Crippen LogP contribution in [0.1, 0.15) is 25.3 Å². The van der Waals surface area contributed by atoms with Crippen molar-refractivity contribution < 1.29 is 0 Å². The Hall–Kier alpha value is -1.69. The Bertz CT molecular complexity index is 427. The average molecular weight is 215 g/mol. The molecule has 2 rings (SSSR count). The first-order chi connectivity index (χ1) is 7.63. The molecule has 0 bridgehead atoms. The van der Waals surface area contributed by atoms with Gasteiger partial charge in [-0.2, -0.15) is 5.26 Å². The third-order valence-electron chi connectivity index (χ3n) is 3.24. The van der Waals surface area contributed by atoms with Crippen LogP contribution < -0.4 is 11.1 Å². The second kappa shape index (κ2) is 4.05. The van der Waals surface area contributed by atoms with Crippen LogP contribution in [0, 0.1) is 16.7 Å². The number of nitrogens with zero attached hydrogens (tertiary/aromatic N) is 1. The smallest absolute Gasteiger partial charge is 0.0670 e. The van der Waals surface area contributed by atoms with Crippen LogP contribution in [0.15, 0.2) is 18.2 Å². The van der Waals surface area contributed by atoms with Gasteiger partial charge in [-0.3, -0.25) is 0 Å². The zero-order chi connectivity index (χ0) is 11.6. The molecule has 0 saturated heterocycles. The van der Waals surface area contributed by atoms with Crippen LogP contribution in [0.2, 0.25) is 0 Å². The number of hydrogen-bond acceptors (Lipinski definition) is 3. The van der Waals surface area contributed by atoms with Crippen LogP contribution in [0.3, 0.4) is 0 Å². The van der Waals surface area contributed by atoms with Gasteiger partial charge in [0.05, 0.1) is 12.5 Å². The lowest BCUT2D eigenvalue weighted by atomic mass is 10.1. The molecule has 0 radical (unpaired) electrons. The van der Waals surface area contributed by atoms with Gasteiger partial charge in [0.25, 0.3) is 0 Å². The van der Waals surface area contributed by atoms with E-state index in [1.807, 2.05) is 18.2 Å². The van der Waals surface area contributed by atoms with Crippen LogP contribution >= 0.6 is 0 Å². The summed E-state index contributed by atoms with van der Waals surface area (Å²) in [6.07, 6.45) is 2.98. The molecule has 1 fully saturated rings. The van der Waals surface area contributed by atoms with Gasteiger partial charge in [0.15, 0.2) is 0 Å². The summed E-state index contributed by atoms with van der Waals surface area (Å²) in [6.45, 7) is 3.29. The summed E-state index contributed by atoms with van der Waals surface area (Å²) in [5, 5.41) is 12.1. The molecule has 0 aromatic heterocycles. The first kappa shape index (κ1) is 10.8. The molecule has 1 saturated carbocycles. The van der Waals surface area contributed by atoms with Crippen molar-refractivity contribution in [3.8, 4) is 6.07 Å². The first-order valence-corrected chi connectivity index (χ1v) is 5.62. The van der Waals surface area contributed by atoms with Gasteiger partial charge < -0.3 is 11.1 Å². The molecule has 0 atom stereocenters. The molecule has 1 aliphatic carbocycles. The van der Waals surface area contributed by atoms with E-state index in [2.05, 4.69) is 18.3 Å². The molecule has 3 nitrogen and oxygen atoms in total. The van der Waals surface area contributed by atoms with Crippen molar-refractivity contribution in [3.05, 3.63) is 23.8 Å². The number of hydrogen-bond donors (Lipinski definition) is 2. The molecule has 0 amide bonds. The fraction of sp³-hybridized carbons (Fsp3) is 0.462. The van der Waals surface area contributed by atoms with Crippen LogP contribution in [0.25, 0.3) is 0 Å². The van der Waals surface area contributed by atoms with Crippen molar-refractivity contribution in [1.82, 2.24) is 0 Å². The van der Waals surface area contributed by atoms with Crippen molar-refractivity contribution in [3.63, 3.8) is 0 Å². The number of nitrogens with one attached hydrogen (secondary N) is 1. The van der Waals surface area contributed by atoms with Crippen molar-refractivity contribution in [2.24, 2.45) is 5.41 Å². The van der Waals surface area contributed by atoms with Gasteiger partial charge in [-0.1, -0.05) is 6.92 Å². The number of anilines is 2. The largest absolute Gasteiger partial charge is 0.398 e. The van der Waals surface area contributed by atoms with E-state index >= 15 is 0 Å². The van der Waals surface area contributed by atoms with Crippen molar-refractivity contribution in [2.75, 3.05) is 17.6 Å². The maximum absolute atomic E-state index is 8.68. The highest BCUT2D eigenvalue weighted by Crippen LogP contribution is 2.44. The molecule has 16 heavy (non-hydrogen) atoms. The fourth-order valence-corrected chi connectivity index (χ4v) is 1.66. The summed E-state index contributed by atoms with van der Waals surface area (Å²) in [7, 11) is 0. The molecular weight excluding hydrogens is 198 g/mol. The Morgan fingerprint density at radius 3 is 2.88 bits per heavy atom. The monoisotopic (exact) mass is 215 g/mol. The van der Waals surface area contributed by atoms with E-state index in [0.29, 0.717) is 17.5 Å². The molecule has 0 spiro atoms. The number of nitriles is 1. The molecule has 84 valence electrons. The SMILES string of the molecule is CC1(CNc2ccc(N)c(CC#N)c2)CC1. The Morgan fingerprint density at radius 1 is 1.50 bits per heavy atom. The second-order valence-corrected chi connectivity index (χ2v) is 4.91. The van der Waals surface area contributed by atoms with Gasteiger partial charge >= 0.3 is 0 Å². The zero-order valence-electron chi connectivity index (χ0n) is 9.59. The molecule has 0 unspecified atom stereocenters. The van der Waals surface area contributed by atoms with Crippen molar-refractivity contribution >= 4 is 11.4 Å². The topological polar surface area (TPSA) is 61.8 Å². The van der Waals surface area contributed by atoms with E-state index in [1.54, 1.807) is 0 Å². The first-order valence-electron chi connectivity index (χ1n) is 5.62. The lowest BCUT2D eigenvalue weighted by Crippen LogP contribution is -2.11. The highest BCUT2D eigenvalue weighted by atomic mass is 14.9. The Kier molecular flexibility index (Phi) is 2.74. The minimum atomic E-state index is 0.374. The highest BCUT2D eigenvalue weighted by Gasteiger charge is 2.36. The van der Waals surface area contributed by atoms with E-state index in [9.17, 15) is 0 Å². The maximum atomic E-state index is 8.68. The predicted octanol–water partition coefficient (Wildman–Crippen LogP) is 2.55. The molecule has 3 heteroatoms. The molecular formula is C13H17N3. The van der Waals surface area contributed by atoms with Crippen molar-refractivity contribution in [1.29, 1.82) is 5.26 Å². The predicted molar refractivity (Wildman–Crippen MR) is 66.0 cm³/mol. The zero-order valence-corrected chi connectivity index (χ0v) is 9.59. The highest BCUT2D eigenvalue weighted by molar-refractivity contribution is 5.58. The van der Waals surface area contributed by atoms with Gasteiger partial charge in [-0.25, -0.2) is 0 Å². The standard InChI is InChI=1S/C13H17N3/c1-13(5-6-13)9-16-11-2-3-12(15)10(8-11)4-7-14/h2-3,8,16H,4-6,9,15H2,1H3. The van der Waals surface area contributed by atoms with Gasteiger partial charge in [0.2, 0.25) is 0 Å². The van der Waals surface area contributed by atoms with Crippen LogP contribution in [0.5, 0.6) is 0 Å². The van der Waals surface area contributed by atoms with Crippen LogP contribution in [0.4, 0.5) is 11.4 Å². The summed E-state index contributed by atoms with van der Waals surface area (Å²) in [4.78, 5) is 0.